The minimum absolute atomic E-state index is 0.145. The van der Waals surface area contributed by atoms with Crippen LogP contribution in [0.1, 0.15) is 64.2 Å². The van der Waals surface area contributed by atoms with E-state index in [0.717, 1.165) is 62.7 Å². The first-order chi connectivity index (χ1) is 12.6. The van der Waals surface area contributed by atoms with Crippen LogP contribution in [0.4, 0.5) is 11.4 Å². The molecule has 2 aliphatic carbocycles. The molecule has 6 heteroatoms. The second kappa shape index (κ2) is 9.29. The van der Waals surface area contributed by atoms with Crippen LogP contribution in [0.15, 0.2) is 24.3 Å². The summed E-state index contributed by atoms with van der Waals surface area (Å²) in [7, 11) is 5.12. The predicted molar refractivity (Wildman–Crippen MR) is 114 cm³/mol. The molecule has 0 N–H and O–H groups in total. The van der Waals surface area contributed by atoms with Crippen molar-refractivity contribution in [2.45, 2.75) is 64.2 Å². The third kappa shape index (κ3) is 4.65. The average Bonchev–Trinajstić information content (AvgIpc) is 2.73. The number of amides is 2. The van der Waals surface area contributed by atoms with E-state index in [9.17, 15) is 9.59 Å². The van der Waals surface area contributed by atoms with Crippen molar-refractivity contribution in [2.75, 3.05) is 9.34 Å². The molecule has 2 amide bonds. The van der Waals surface area contributed by atoms with Crippen molar-refractivity contribution in [2.24, 2.45) is 11.8 Å². The number of benzene rings is 1. The Morgan fingerprint density at radius 1 is 0.654 bits per heavy atom. The minimum atomic E-state index is 0.145. The molecule has 2 saturated carbocycles. The Morgan fingerprint density at radius 3 is 1.27 bits per heavy atom. The van der Waals surface area contributed by atoms with Crippen molar-refractivity contribution in [1.29, 1.82) is 0 Å². The third-order valence-electron chi connectivity index (χ3n) is 5.79. The van der Waals surface area contributed by atoms with Crippen LogP contribution in [0.3, 0.4) is 0 Å². The lowest BCUT2D eigenvalue weighted by atomic mass is 9.88. The molecule has 2 atom stereocenters. The summed E-state index contributed by atoms with van der Waals surface area (Å²) in [5, 5.41) is 0. The molecule has 0 bridgehead atoms. The van der Waals surface area contributed by atoms with Gasteiger partial charge in [-0.1, -0.05) is 38.5 Å². The number of hydrogen-bond donors (Lipinski definition) is 0. The van der Waals surface area contributed by atoms with Gasteiger partial charge in [0, 0.05) is 23.2 Å². The zero-order valence-electron chi connectivity index (χ0n) is 15.4. The molecule has 3 rings (SSSR count). The van der Waals surface area contributed by atoms with Gasteiger partial charge >= 0.3 is 0 Å². The first-order valence-electron chi connectivity index (χ1n) is 9.85. The first kappa shape index (κ1) is 19.8. The fraction of sp³-hybridized carbons (Fsp3) is 0.600. The molecule has 2 aliphatic rings. The smallest absolute Gasteiger partial charge is 0.232 e. The largest absolute Gasteiger partial charge is 0.297 e. The number of hydrogen-bond acceptors (Lipinski definition) is 2. The van der Waals surface area contributed by atoms with Gasteiger partial charge in [-0.3, -0.25) is 18.9 Å². The molecule has 2 fully saturated rings. The minimum Gasteiger partial charge on any atom is -0.297 e. The maximum absolute atomic E-state index is 12.7. The summed E-state index contributed by atoms with van der Waals surface area (Å²) < 4.78 is 3.38. The van der Waals surface area contributed by atoms with Gasteiger partial charge in [0.2, 0.25) is 11.8 Å². The van der Waals surface area contributed by atoms with Crippen molar-refractivity contribution >= 4 is 42.0 Å². The molecule has 1 aromatic rings. The molecular formula is C20H30N2O2P2. The van der Waals surface area contributed by atoms with E-state index in [4.69, 9.17) is 0 Å². The van der Waals surface area contributed by atoms with E-state index in [1.807, 2.05) is 24.3 Å². The van der Waals surface area contributed by atoms with Crippen LogP contribution in [0, 0.1) is 11.8 Å². The molecule has 0 heterocycles. The van der Waals surface area contributed by atoms with Gasteiger partial charge in [-0.2, -0.15) is 0 Å². The van der Waals surface area contributed by atoms with Crippen LogP contribution < -0.4 is 9.34 Å². The van der Waals surface area contributed by atoms with Crippen LogP contribution in [0.5, 0.6) is 0 Å². The lowest BCUT2D eigenvalue weighted by Crippen LogP contribution is -2.30. The molecule has 4 nitrogen and oxygen atoms in total. The summed E-state index contributed by atoms with van der Waals surface area (Å²) in [5.74, 6) is 0.658. The van der Waals surface area contributed by atoms with E-state index >= 15 is 0 Å². The van der Waals surface area contributed by atoms with Crippen molar-refractivity contribution in [3.8, 4) is 0 Å². The highest BCUT2D eigenvalue weighted by Gasteiger charge is 2.26. The van der Waals surface area contributed by atoms with Crippen molar-refractivity contribution in [1.82, 2.24) is 0 Å². The van der Waals surface area contributed by atoms with E-state index < -0.39 is 0 Å². The highest BCUT2D eigenvalue weighted by atomic mass is 31.0. The maximum atomic E-state index is 12.7. The van der Waals surface area contributed by atoms with Gasteiger partial charge in [0.1, 0.15) is 0 Å². The Morgan fingerprint density at radius 2 is 0.962 bits per heavy atom. The number of nitrogens with zero attached hydrogens (tertiary/aromatic N) is 2. The quantitative estimate of drug-likeness (QED) is 0.670. The van der Waals surface area contributed by atoms with E-state index in [-0.39, 0.29) is 23.7 Å². The van der Waals surface area contributed by atoms with E-state index in [1.165, 1.54) is 12.8 Å². The van der Waals surface area contributed by atoms with Gasteiger partial charge in [0.15, 0.2) is 0 Å². The molecular weight excluding hydrogens is 362 g/mol. The monoisotopic (exact) mass is 392 g/mol. The summed E-state index contributed by atoms with van der Waals surface area (Å²) in [6, 6.07) is 7.70. The normalized spacial score (nSPS) is 19.2. The summed E-state index contributed by atoms with van der Waals surface area (Å²) in [5.41, 5.74) is 1.72. The Kier molecular flexibility index (Phi) is 7.06. The molecule has 0 aliphatic heterocycles. The zero-order chi connectivity index (χ0) is 18.5. The van der Waals surface area contributed by atoms with E-state index in [2.05, 4.69) is 18.8 Å². The van der Waals surface area contributed by atoms with Gasteiger partial charge in [0.25, 0.3) is 0 Å². The molecule has 142 valence electrons. The topological polar surface area (TPSA) is 40.6 Å². The van der Waals surface area contributed by atoms with E-state index in [0.29, 0.717) is 0 Å². The Bertz CT molecular complexity index is 568. The van der Waals surface area contributed by atoms with Crippen LogP contribution in [0.2, 0.25) is 0 Å². The van der Waals surface area contributed by atoms with Crippen LogP contribution >= 0.6 is 18.8 Å². The molecule has 0 aromatic heterocycles. The standard InChI is InChI=1S/C20H30N2O2P2/c23-19(15-7-3-1-4-8-15)21(25)17-11-13-18(14-12-17)22(26)20(24)16-9-5-2-6-10-16/h11-16H,1-10,25-26H2. The maximum Gasteiger partial charge on any atom is 0.232 e. The molecule has 0 saturated heterocycles. The Labute approximate surface area is 161 Å². The van der Waals surface area contributed by atoms with E-state index in [1.54, 1.807) is 9.34 Å². The number of anilines is 2. The van der Waals surface area contributed by atoms with Crippen molar-refractivity contribution in [3.63, 3.8) is 0 Å². The summed E-state index contributed by atoms with van der Waals surface area (Å²) in [4.78, 5) is 25.3. The highest BCUT2D eigenvalue weighted by molar-refractivity contribution is 7.21. The number of carbonyl (C=O) groups is 2. The molecule has 2 unspecified atom stereocenters. The first-order valence-corrected chi connectivity index (χ1v) is 10.9. The molecule has 0 spiro atoms. The predicted octanol–water partition coefficient (Wildman–Crippen LogP) is 5.09. The second-order valence-corrected chi connectivity index (χ2v) is 8.64. The third-order valence-corrected chi connectivity index (χ3v) is 6.89. The Balaban J connectivity index is 1.63. The van der Waals surface area contributed by atoms with Gasteiger partial charge < -0.3 is 0 Å². The van der Waals surface area contributed by atoms with Gasteiger partial charge in [-0.05, 0) is 68.7 Å². The van der Waals surface area contributed by atoms with Gasteiger partial charge in [-0.25, -0.2) is 0 Å². The van der Waals surface area contributed by atoms with Crippen LogP contribution in [0.25, 0.3) is 0 Å². The SMILES string of the molecule is O=C(C1CCCCC1)N(P)c1ccc(N(P)C(=O)C2CCCCC2)cc1. The number of carbonyl (C=O) groups excluding carboxylic acids is 2. The van der Waals surface area contributed by atoms with Crippen molar-refractivity contribution < 1.29 is 9.59 Å². The van der Waals surface area contributed by atoms with Gasteiger partial charge in [-0.15, -0.1) is 0 Å². The Hall–Kier alpha value is -0.980. The summed E-state index contributed by atoms with van der Waals surface area (Å²) in [6.07, 6.45) is 11.1. The fourth-order valence-electron chi connectivity index (χ4n) is 4.12. The summed E-state index contributed by atoms with van der Waals surface area (Å²) >= 11 is 0. The lowest BCUT2D eigenvalue weighted by molar-refractivity contribution is -0.122. The van der Waals surface area contributed by atoms with Gasteiger partial charge in [0.05, 0.1) is 0 Å². The fourth-order valence-corrected chi connectivity index (χ4v) is 4.89. The lowest BCUT2D eigenvalue weighted by Gasteiger charge is -2.28. The van der Waals surface area contributed by atoms with Crippen LogP contribution in [-0.4, -0.2) is 11.8 Å². The number of rotatable bonds is 4. The summed E-state index contributed by atoms with van der Waals surface area (Å²) in [6.45, 7) is 0. The highest BCUT2D eigenvalue weighted by Crippen LogP contribution is 2.32. The zero-order valence-corrected chi connectivity index (χ0v) is 17.7. The second-order valence-electron chi connectivity index (χ2n) is 7.60. The van der Waals surface area contributed by atoms with Crippen molar-refractivity contribution in [3.05, 3.63) is 24.3 Å². The molecule has 26 heavy (non-hydrogen) atoms. The van der Waals surface area contributed by atoms with Crippen LogP contribution in [-0.2, 0) is 9.59 Å². The molecule has 1 aromatic carbocycles. The average molecular weight is 392 g/mol. The molecule has 0 radical (unpaired) electrons.